The molecule has 2 rings (SSSR count). The molecule has 0 unspecified atom stereocenters. The summed E-state index contributed by atoms with van der Waals surface area (Å²) >= 11 is 1.52. The fourth-order valence-electron chi connectivity index (χ4n) is 1.69. The van der Waals surface area contributed by atoms with E-state index in [0.717, 1.165) is 17.9 Å². The number of aryl methyl sites for hydroxylation is 1. The summed E-state index contributed by atoms with van der Waals surface area (Å²) in [5.74, 6) is 0.527. The maximum absolute atomic E-state index is 11.7. The number of carbonyl (C=O) groups excluding carboxylic acids is 1. The van der Waals surface area contributed by atoms with Gasteiger partial charge in [-0.1, -0.05) is 6.07 Å². The number of nitrogens with one attached hydrogen (secondary N) is 1. The summed E-state index contributed by atoms with van der Waals surface area (Å²) in [5, 5.41) is 21.2. The van der Waals surface area contributed by atoms with Gasteiger partial charge in [0.2, 0.25) is 5.91 Å². The van der Waals surface area contributed by atoms with E-state index in [0.29, 0.717) is 11.4 Å². The van der Waals surface area contributed by atoms with Crippen molar-refractivity contribution < 1.29 is 15.0 Å². The quantitative estimate of drug-likeness (QED) is 0.434. The zero-order chi connectivity index (χ0) is 15.1. The summed E-state index contributed by atoms with van der Waals surface area (Å²) in [7, 11) is 0. The van der Waals surface area contributed by atoms with Gasteiger partial charge in [0.1, 0.15) is 0 Å². The van der Waals surface area contributed by atoms with Gasteiger partial charge in [-0.2, -0.15) is 11.8 Å². The Kier molecular flexibility index (Phi) is 5.45. The van der Waals surface area contributed by atoms with Crippen LogP contribution in [0.15, 0.2) is 42.6 Å². The van der Waals surface area contributed by atoms with Crippen LogP contribution in [0.1, 0.15) is 5.69 Å². The molecule has 1 aromatic heterocycles. The molecule has 0 saturated carbocycles. The van der Waals surface area contributed by atoms with Crippen molar-refractivity contribution in [3.63, 3.8) is 0 Å². The fourth-order valence-corrected chi connectivity index (χ4v) is 2.44. The molecule has 0 aliphatic rings. The fraction of sp³-hybridized carbons (Fsp3) is 0.200. The van der Waals surface area contributed by atoms with E-state index in [1.54, 1.807) is 6.20 Å². The van der Waals surface area contributed by atoms with Crippen molar-refractivity contribution in [1.82, 2.24) is 4.98 Å². The molecular formula is C15H16N2O3S. The summed E-state index contributed by atoms with van der Waals surface area (Å²) in [6.07, 6.45) is 2.57. The Bertz CT molecular complexity index is 605. The molecule has 110 valence electrons. The number of phenols is 2. The number of benzene rings is 1. The van der Waals surface area contributed by atoms with Gasteiger partial charge < -0.3 is 15.5 Å². The topological polar surface area (TPSA) is 82.5 Å². The van der Waals surface area contributed by atoms with E-state index in [1.165, 1.54) is 30.0 Å². The molecule has 1 aromatic carbocycles. The van der Waals surface area contributed by atoms with Gasteiger partial charge in [0, 0.05) is 23.6 Å². The lowest BCUT2D eigenvalue weighted by Gasteiger charge is -2.06. The van der Waals surface area contributed by atoms with Gasteiger partial charge in [-0.25, -0.2) is 0 Å². The standard InChI is InChI=1S/C15H16N2O3S/c18-13-5-4-12(9-14(13)19)17-15(20)10-21-8-6-11-3-1-2-7-16-11/h1-5,7,9,18-19H,6,8,10H2,(H,17,20). The average molecular weight is 304 g/mol. The molecule has 0 saturated heterocycles. The molecule has 1 heterocycles. The Morgan fingerprint density at radius 1 is 1.19 bits per heavy atom. The first-order valence-electron chi connectivity index (χ1n) is 6.44. The Labute approximate surface area is 127 Å². The molecule has 2 aromatic rings. The molecule has 21 heavy (non-hydrogen) atoms. The molecule has 0 bridgehead atoms. The first kappa shape index (κ1) is 15.2. The van der Waals surface area contributed by atoms with Gasteiger partial charge >= 0.3 is 0 Å². The van der Waals surface area contributed by atoms with Crippen molar-refractivity contribution in [2.24, 2.45) is 0 Å². The molecule has 5 nitrogen and oxygen atoms in total. The van der Waals surface area contributed by atoms with Crippen LogP contribution in [0, 0.1) is 0 Å². The van der Waals surface area contributed by atoms with Gasteiger partial charge in [-0.15, -0.1) is 0 Å². The minimum absolute atomic E-state index is 0.147. The molecule has 0 atom stereocenters. The number of nitrogens with zero attached hydrogens (tertiary/aromatic N) is 1. The lowest BCUT2D eigenvalue weighted by molar-refractivity contribution is -0.113. The minimum Gasteiger partial charge on any atom is -0.504 e. The van der Waals surface area contributed by atoms with E-state index in [1.807, 2.05) is 18.2 Å². The van der Waals surface area contributed by atoms with E-state index in [9.17, 15) is 15.0 Å². The summed E-state index contributed by atoms with van der Waals surface area (Å²) < 4.78 is 0. The smallest absolute Gasteiger partial charge is 0.234 e. The number of pyridine rings is 1. The lowest BCUT2D eigenvalue weighted by Crippen LogP contribution is -2.14. The molecule has 0 aliphatic heterocycles. The maximum Gasteiger partial charge on any atom is 0.234 e. The Morgan fingerprint density at radius 3 is 2.76 bits per heavy atom. The highest BCUT2D eigenvalue weighted by Gasteiger charge is 2.05. The molecule has 0 radical (unpaired) electrons. The monoisotopic (exact) mass is 304 g/mol. The van der Waals surface area contributed by atoms with Gasteiger partial charge in [0.15, 0.2) is 11.5 Å². The second-order valence-corrected chi connectivity index (χ2v) is 5.48. The first-order chi connectivity index (χ1) is 10.1. The van der Waals surface area contributed by atoms with E-state index >= 15 is 0 Å². The van der Waals surface area contributed by atoms with E-state index in [4.69, 9.17) is 0 Å². The van der Waals surface area contributed by atoms with E-state index < -0.39 is 0 Å². The Balaban J connectivity index is 1.71. The highest BCUT2D eigenvalue weighted by molar-refractivity contribution is 7.99. The van der Waals surface area contributed by atoms with E-state index in [2.05, 4.69) is 10.3 Å². The zero-order valence-corrected chi connectivity index (χ0v) is 12.1. The maximum atomic E-state index is 11.7. The van der Waals surface area contributed by atoms with Crippen molar-refractivity contribution in [1.29, 1.82) is 0 Å². The second kappa shape index (κ2) is 7.54. The largest absolute Gasteiger partial charge is 0.504 e. The number of hydrogen-bond acceptors (Lipinski definition) is 5. The van der Waals surface area contributed by atoms with Crippen LogP contribution in [0.3, 0.4) is 0 Å². The molecule has 0 aliphatic carbocycles. The third-order valence-electron chi connectivity index (χ3n) is 2.72. The second-order valence-electron chi connectivity index (χ2n) is 4.38. The van der Waals surface area contributed by atoms with Crippen molar-refractivity contribution in [2.45, 2.75) is 6.42 Å². The lowest BCUT2D eigenvalue weighted by atomic mass is 10.3. The number of hydrogen-bond donors (Lipinski definition) is 3. The summed E-state index contributed by atoms with van der Waals surface area (Å²) in [4.78, 5) is 15.9. The Hall–Kier alpha value is -2.21. The predicted molar refractivity (Wildman–Crippen MR) is 83.7 cm³/mol. The van der Waals surface area contributed by atoms with Crippen LogP contribution in [0.4, 0.5) is 5.69 Å². The van der Waals surface area contributed by atoms with Crippen LogP contribution >= 0.6 is 11.8 Å². The van der Waals surface area contributed by atoms with Crippen LogP contribution in [0.25, 0.3) is 0 Å². The molecule has 0 fully saturated rings. The molecule has 6 heteroatoms. The number of carbonyl (C=O) groups is 1. The number of rotatable bonds is 6. The van der Waals surface area contributed by atoms with Crippen LogP contribution in [0.2, 0.25) is 0 Å². The number of anilines is 1. The van der Waals surface area contributed by atoms with Crippen molar-refractivity contribution in [2.75, 3.05) is 16.8 Å². The summed E-state index contributed by atoms with van der Waals surface area (Å²) in [5.41, 5.74) is 1.47. The molecule has 3 N–H and O–H groups in total. The third kappa shape index (κ3) is 5.00. The van der Waals surface area contributed by atoms with Crippen LogP contribution < -0.4 is 5.32 Å². The molecule has 0 spiro atoms. The first-order valence-corrected chi connectivity index (χ1v) is 7.60. The van der Waals surface area contributed by atoms with Crippen LogP contribution in [-0.2, 0) is 11.2 Å². The van der Waals surface area contributed by atoms with Gasteiger partial charge in [0.05, 0.1) is 5.75 Å². The van der Waals surface area contributed by atoms with Crippen molar-refractivity contribution in [3.05, 3.63) is 48.3 Å². The number of aromatic hydroxyl groups is 2. The predicted octanol–water partition coefficient (Wildman–Crippen LogP) is 2.41. The number of phenolic OH excluding ortho intramolecular Hbond substituents is 2. The molecule has 1 amide bonds. The normalized spacial score (nSPS) is 10.3. The summed E-state index contributed by atoms with van der Waals surface area (Å²) in [6, 6.07) is 9.95. The number of amides is 1. The molecular weight excluding hydrogens is 288 g/mol. The summed E-state index contributed by atoms with van der Waals surface area (Å²) in [6.45, 7) is 0. The SMILES string of the molecule is O=C(CSCCc1ccccn1)Nc1ccc(O)c(O)c1. The van der Waals surface area contributed by atoms with Crippen LogP contribution in [0.5, 0.6) is 11.5 Å². The van der Waals surface area contributed by atoms with Gasteiger partial charge in [0.25, 0.3) is 0 Å². The number of thioether (sulfide) groups is 1. The van der Waals surface area contributed by atoms with Gasteiger partial charge in [-0.3, -0.25) is 9.78 Å². The third-order valence-corrected chi connectivity index (χ3v) is 3.68. The highest BCUT2D eigenvalue weighted by atomic mass is 32.2. The van der Waals surface area contributed by atoms with Crippen molar-refractivity contribution in [3.8, 4) is 11.5 Å². The van der Waals surface area contributed by atoms with Gasteiger partial charge in [-0.05, 0) is 36.4 Å². The van der Waals surface area contributed by atoms with Crippen LogP contribution in [-0.4, -0.2) is 32.6 Å². The Morgan fingerprint density at radius 2 is 2.05 bits per heavy atom. The minimum atomic E-state index is -0.254. The zero-order valence-electron chi connectivity index (χ0n) is 11.3. The highest BCUT2D eigenvalue weighted by Crippen LogP contribution is 2.27. The van der Waals surface area contributed by atoms with E-state index in [-0.39, 0.29) is 17.4 Å². The average Bonchev–Trinajstić information content (AvgIpc) is 2.49. The number of aromatic nitrogens is 1. The van der Waals surface area contributed by atoms with Crippen molar-refractivity contribution >= 4 is 23.4 Å².